The normalized spacial score (nSPS) is 21.8. The van der Waals surface area contributed by atoms with Gasteiger partial charge in [-0.15, -0.1) is 0 Å². The van der Waals surface area contributed by atoms with Crippen LogP contribution in [0, 0.1) is 3.92 Å². The summed E-state index contributed by atoms with van der Waals surface area (Å²) < 4.78 is 7.95. The van der Waals surface area contributed by atoms with Gasteiger partial charge in [0.1, 0.15) is 0 Å². The van der Waals surface area contributed by atoms with E-state index in [-0.39, 0.29) is 46.7 Å². The van der Waals surface area contributed by atoms with E-state index in [9.17, 15) is 4.79 Å². The molecule has 17 heavy (non-hydrogen) atoms. The molecule has 1 radical (unpaired) electrons. The number of aromatic hydroxyl groups is 1. The van der Waals surface area contributed by atoms with E-state index in [1.54, 1.807) is 0 Å². The fraction of sp³-hybridized carbons (Fsp3) is 0.111. The Hall–Kier alpha value is 0.363. The number of alkyl halides is 1. The molecule has 8 heteroatoms. The molecule has 0 aromatic heterocycles. The van der Waals surface area contributed by atoms with Crippen molar-refractivity contribution in [1.29, 1.82) is 0 Å². The number of carbonyl (C=O) groups excluding carboxylic acids is 1. The van der Waals surface area contributed by atoms with Crippen molar-refractivity contribution < 1.29 is 55.6 Å². The van der Waals surface area contributed by atoms with Gasteiger partial charge < -0.3 is 0 Å². The van der Waals surface area contributed by atoms with Gasteiger partial charge in [0, 0.05) is 19.5 Å². The van der Waals surface area contributed by atoms with Gasteiger partial charge in [-0.05, 0) is 0 Å². The Labute approximate surface area is 135 Å². The van der Waals surface area contributed by atoms with E-state index >= 15 is 0 Å². The molecule has 1 heterocycles. The number of hydrogen-bond acceptors (Lipinski definition) is 5. The van der Waals surface area contributed by atoms with Crippen LogP contribution < -0.4 is 35.5 Å². The standard InChI is InChI=1S/C9H8I2N2O3.Rh/c10-7(9(12)11-13-9)8(15)16-6-3-1-5(14)2-4-6;/h1-4,13-14H,12H2;/q-2;. The third kappa shape index (κ3) is 3.92. The van der Waals surface area contributed by atoms with Gasteiger partial charge in [0.05, 0.1) is 0 Å². The maximum Gasteiger partial charge on any atom is 0 e. The number of esters is 1. The van der Waals surface area contributed by atoms with Crippen molar-refractivity contribution in [1.82, 2.24) is 3.53 Å². The van der Waals surface area contributed by atoms with Crippen LogP contribution in [0.5, 0.6) is 11.5 Å². The molecular formula is C9H8I2N2O3Rh-2. The second-order valence-electron chi connectivity index (χ2n) is 3.10. The molecule has 0 saturated carbocycles. The van der Waals surface area contributed by atoms with E-state index < -0.39 is 9.64 Å². The summed E-state index contributed by atoms with van der Waals surface area (Å²) in [7, 11) is 0. The molecule has 5 nitrogen and oxygen atoms in total. The first kappa shape index (κ1) is 15.4. The van der Waals surface area contributed by atoms with Crippen molar-refractivity contribution in [3.63, 3.8) is 0 Å². The van der Waals surface area contributed by atoms with Crippen LogP contribution in [0.25, 0.3) is 0 Å². The molecule has 0 amide bonds. The van der Waals surface area contributed by atoms with Gasteiger partial charge in [-0.1, -0.05) is 0 Å². The van der Waals surface area contributed by atoms with Gasteiger partial charge >= 0.3 is 117 Å². The van der Waals surface area contributed by atoms with Crippen molar-refractivity contribution in [3.05, 3.63) is 28.2 Å². The number of nitrogens with two attached hydrogens (primary N) is 1. The Morgan fingerprint density at radius 2 is 2.06 bits per heavy atom. The van der Waals surface area contributed by atoms with Crippen molar-refractivity contribution >= 4 is 28.6 Å². The largest absolute Gasteiger partial charge is 0 e. The van der Waals surface area contributed by atoms with E-state index in [0.717, 1.165) is 0 Å². The van der Waals surface area contributed by atoms with Gasteiger partial charge in [-0.2, -0.15) is 0 Å². The number of phenolic OH excluding ortho intramolecular Hbond substituents is 1. The molecule has 1 saturated heterocycles. The molecule has 1 atom stereocenters. The zero-order chi connectivity index (χ0) is 11.8. The van der Waals surface area contributed by atoms with Gasteiger partial charge in [-0.25, -0.2) is 0 Å². The van der Waals surface area contributed by atoms with Crippen molar-refractivity contribution in [2.45, 2.75) is 3.67 Å². The molecular weight excluding hydrogens is 541 g/mol. The fourth-order valence-electron chi connectivity index (χ4n) is 0.948. The third-order valence-electron chi connectivity index (χ3n) is 1.84. The van der Waals surface area contributed by atoms with Crippen LogP contribution in [0.2, 0.25) is 0 Å². The molecule has 1 fully saturated rings. The van der Waals surface area contributed by atoms with Gasteiger partial charge in [-0.3, -0.25) is 0 Å². The monoisotopic (exact) mass is 549 g/mol. The number of hydrogen-bond donors (Lipinski definition) is 3. The first-order chi connectivity index (χ1) is 7.51. The summed E-state index contributed by atoms with van der Waals surface area (Å²) in [5.41, 5.74) is 5.82. The minimum absolute atomic E-state index is 0. The van der Waals surface area contributed by atoms with Crippen LogP contribution >= 0.6 is 22.6 Å². The number of rotatable bonds is 3. The zero-order valence-electron chi connectivity index (χ0n) is 8.24. The van der Waals surface area contributed by atoms with Gasteiger partial charge in [0.25, 0.3) is 0 Å². The second-order valence-corrected chi connectivity index (χ2v) is 6.96. The van der Waals surface area contributed by atoms with Crippen molar-refractivity contribution in [3.8, 4) is 11.5 Å². The van der Waals surface area contributed by atoms with E-state index in [1.165, 1.54) is 24.3 Å². The molecule has 0 bridgehead atoms. The van der Waals surface area contributed by atoms with E-state index in [0.29, 0.717) is 9.67 Å². The molecule has 4 N–H and O–H groups in total. The number of phenols is 1. The van der Waals surface area contributed by atoms with Crippen molar-refractivity contribution in [2.75, 3.05) is 0 Å². The summed E-state index contributed by atoms with van der Waals surface area (Å²) in [6.07, 6.45) is 0. The van der Waals surface area contributed by atoms with Crippen LogP contribution in [-0.2, 0) is 24.3 Å². The molecule has 2 rings (SSSR count). The molecule has 1 aromatic rings. The zero-order valence-corrected chi connectivity index (χ0v) is 14.2. The Bertz CT molecular complexity index is 411. The molecule has 1 aromatic carbocycles. The van der Waals surface area contributed by atoms with E-state index in [2.05, 4.69) is 3.53 Å². The Morgan fingerprint density at radius 1 is 1.53 bits per heavy atom. The SMILES string of the molecule is NC1([C-](I)C(=O)Oc2ccc(O)cc2)N[I-]1.[Rh]. The maximum absolute atomic E-state index is 11.7. The summed E-state index contributed by atoms with van der Waals surface area (Å²) in [5.74, 6) is 0.0707. The Balaban J connectivity index is 0.00000144. The van der Waals surface area contributed by atoms with Crippen LogP contribution in [0.4, 0.5) is 0 Å². The summed E-state index contributed by atoms with van der Waals surface area (Å²) in [6.45, 7) is 0. The van der Waals surface area contributed by atoms with Crippen LogP contribution in [0.3, 0.4) is 0 Å². The number of carbonyl (C=O) groups is 1. The first-order valence-electron chi connectivity index (χ1n) is 4.26. The maximum atomic E-state index is 11.7. The molecule has 0 aliphatic carbocycles. The number of halogens is 2. The van der Waals surface area contributed by atoms with Crippen LogP contribution in [-0.4, -0.2) is 14.7 Å². The van der Waals surface area contributed by atoms with Gasteiger partial charge in [0.15, 0.2) is 0 Å². The predicted molar refractivity (Wildman–Crippen MR) is 61.1 cm³/mol. The molecule has 1 aliphatic heterocycles. The molecule has 97 valence electrons. The summed E-state index contributed by atoms with van der Waals surface area (Å²) in [6, 6.07) is 5.96. The third-order valence-corrected chi connectivity index (χ3v) is 6.41. The minimum Gasteiger partial charge on any atom is 0 e. The molecule has 1 unspecified atom stereocenters. The second kappa shape index (κ2) is 6.00. The Kier molecular flexibility index (Phi) is 5.45. The molecule has 1 aliphatic rings. The average molecular weight is 549 g/mol. The smallest absolute Gasteiger partial charge is 0 e. The van der Waals surface area contributed by atoms with Gasteiger partial charge in [0.2, 0.25) is 0 Å². The number of benzene rings is 1. The predicted octanol–water partition coefficient (Wildman–Crippen LogP) is -2.52. The number of nitrogens with one attached hydrogen (secondary N) is 1. The minimum atomic E-state index is -0.604. The van der Waals surface area contributed by atoms with E-state index in [4.69, 9.17) is 15.6 Å². The number of ether oxygens (including phenoxy) is 1. The summed E-state index contributed by atoms with van der Waals surface area (Å²) in [4.78, 5) is 11.7. The topological polar surface area (TPSA) is 94.5 Å². The molecule has 0 spiro atoms. The first-order valence-corrected chi connectivity index (χ1v) is 7.50. The summed E-state index contributed by atoms with van der Waals surface area (Å²) >= 11 is 1.58. The van der Waals surface area contributed by atoms with E-state index in [1.807, 2.05) is 22.6 Å². The van der Waals surface area contributed by atoms with Crippen LogP contribution in [0.15, 0.2) is 24.3 Å². The van der Waals surface area contributed by atoms with Crippen LogP contribution in [0.1, 0.15) is 0 Å². The average Bonchev–Trinajstić information content (AvgIpc) is 3.00. The van der Waals surface area contributed by atoms with Crippen molar-refractivity contribution in [2.24, 2.45) is 5.73 Å². The Morgan fingerprint density at radius 3 is 2.53 bits per heavy atom. The quantitative estimate of drug-likeness (QED) is 0.0446. The fourth-order valence-corrected chi connectivity index (χ4v) is 3.41. The summed E-state index contributed by atoms with van der Waals surface area (Å²) in [5, 5.41) is 9.07.